The lowest BCUT2D eigenvalue weighted by atomic mass is 10.1. The van der Waals surface area contributed by atoms with Crippen LogP contribution in [0.5, 0.6) is 5.75 Å². The van der Waals surface area contributed by atoms with Gasteiger partial charge in [0.05, 0.1) is 22.1 Å². The molecule has 0 fully saturated rings. The molecule has 0 saturated carbocycles. The fourth-order valence-electron chi connectivity index (χ4n) is 3.86. The molecule has 1 aromatic heterocycles. The van der Waals surface area contributed by atoms with Crippen molar-refractivity contribution in [2.24, 2.45) is 0 Å². The van der Waals surface area contributed by atoms with E-state index in [4.69, 9.17) is 4.74 Å². The molecule has 0 aliphatic heterocycles. The van der Waals surface area contributed by atoms with Gasteiger partial charge in [-0.1, -0.05) is 47.7 Å². The number of hydrogen-bond acceptors (Lipinski definition) is 6. The number of carbonyl (C=O) groups is 2. The van der Waals surface area contributed by atoms with Crippen LogP contribution in [0.15, 0.2) is 89.8 Å². The summed E-state index contributed by atoms with van der Waals surface area (Å²) in [6.07, 6.45) is 0. The number of rotatable bonds is 8. The number of nitrogens with zero attached hydrogens (tertiary/aromatic N) is 1. The van der Waals surface area contributed by atoms with Gasteiger partial charge in [-0.05, 0) is 73.2 Å². The Hall–Kier alpha value is -3.88. The fourth-order valence-corrected chi connectivity index (χ4v) is 5.68. The minimum Gasteiger partial charge on any atom is -0.494 e. The van der Waals surface area contributed by atoms with Gasteiger partial charge in [-0.15, -0.1) is 11.8 Å². The van der Waals surface area contributed by atoms with E-state index in [1.54, 1.807) is 0 Å². The van der Waals surface area contributed by atoms with Crippen LogP contribution in [-0.4, -0.2) is 28.7 Å². The molecule has 5 rings (SSSR count). The van der Waals surface area contributed by atoms with Crippen LogP contribution < -0.4 is 15.4 Å². The smallest absolute Gasteiger partial charge is 0.255 e. The van der Waals surface area contributed by atoms with E-state index >= 15 is 0 Å². The lowest BCUT2D eigenvalue weighted by Gasteiger charge is -2.12. The number of nitrogens with one attached hydrogen (secondary N) is 2. The van der Waals surface area contributed by atoms with Gasteiger partial charge in [0.15, 0.2) is 5.13 Å². The highest BCUT2D eigenvalue weighted by Crippen LogP contribution is 2.31. The molecule has 0 radical (unpaired) electrons. The van der Waals surface area contributed by atoms with Gasteiger partial charge >= 0.3 is 0 Å². The first-order valence-electron chi connectivity index (χ1n) is 11.9. The summed E-state index contributed by atoms with van der Waals surface area (Å²) in [5, 5.41) is 8.18. The van der Waals surface area contributed by atoms with Crippen LogP contribution in [0.2, 0.25) is 0 Å². The number of carbonyl (C=O) groups excluding carboxylic acids is 2. The summed E-state index contributed by atoms with van der Waals surface area (Å²) in [6, 6.07) is 26.8. The summed E-state index contributed by atoms with van der Waals surface area (Å²) in [5.74, 6) is 0.467. The van der Waals surface area contributed by atoms with Gasteiger partial charge < -0.3 is 15.4 Å². The van der Waals surface area contributed by atoms with Crippen molar-refractivity contribution in [1.82, 2.24) is 4.98 Å². The molecule has 0 saturated heterocycles. The van der Waals surface area contributed by atoms with Crippen molar-refractivity contribution >= 4 is 66.7 Å². The third-order valence-corrected chi connectivity index (χ3v) is 7.71. The summed E-state index contributed by atoms with van der Waals surface area (Å²) in [6.45, 7) is 4.38. The Labute approximate surface area is 223 Å². The summed E-state index contributed by atoms with van der Waals surface area (Å²) >= 11 is 2.84. The SMILES string of the molecule is CCOc1ccc2nc(NC(=O)C(C)Sc3cccc(NC(=O)c4ccc5ccccc5c4)c3)sc2c1. The molecular weight excluding hydrogens is 502 g/mol. The summed E-state index contributed by atoms with van der Waals surface area (Å²) in [5.41, 5.74) is 2.08. The highest BCUT2D eigenvalue weighted by molar-refractivity contribution is 8.00. The van der Waals surface area contributed by atoms with Crippen LogP contribution in [-0.2, 0) is 4.79 Å². The third kappa shape index (κ3) is 5.93. The maximum Gasteiger partial charge on any atom is 0.255 e. The van der Waals surface area contributed by atoms with Crippen molar-refractivity contribution in [3.05, 3.63) is 90.5 Å². The second-order valence-corrected chi connectivity index (χ2v) is 10.8. The Morgan fingerprint density at radius 3 is 2.62 bits per heavy atom. The number of thioether (sulfide) groups is 1. The number of anilines is 2. The molecule has 0 bridgehead atoms. The molecular formula is C29H25N3O3S2. The highest BCUT2D eigenvalue weighted by atomic mass is 32.2. The molecule has 186 valence electrons. The number of hydrogen-bond donors (Lipinski definition) is 2. The Morgan fingerprint density at radius 1 is 0.946 bits per heavy atom. The second kappa shape index (κ2) is 11.0. The van der Waals surface area contributed by atoms with Crippen LogP contribution in [0.25, 0.3) is 21.0 Å². The standard InChI is InChI=1S/C29H25N3O3S2/c1-3-35-23-13-14-25-26(17-23)37-29(31-25)32-27(33)18(2)36-24-10-6-9-22(16-24)30-28(34)21-12-11-19-7-4-5-8-20(19)15-21/h4-18H,3H2,1-2H3,(H,30,34)(H,31,32,33). The Balaban J connectivity index is 1.22. The topological polar surface area (TPSA) is 80.3 Å². The molecule has 0 spiro atoms. The maximum absolute atomic E-state index is 12.9. The zero-order chi connectivity index (χ0) is 25.8. The first-order valence-corrected chi connectivity index (χ1v) is 13.6. The predicted octanol–water partition coefficient (Wildman–Crippen LogP) is 7.22. The van der Waals surface area contributed by atoms with Crippen LogP contribution in [0.4, 0.5) is 10.8 Å². The van der Waals surface area contributed by atoms with Gasteiger partial charge in [-0.2, -0.15) is 0 Å². The quantitative estimate of drug-likeness (QED) is 0.208. The van der Waals surface area contributed by atoms with Crippen LogP contribution in [0.3, 0.4) is 0 Å². The van der Waals surface area contributed by atoms with Gasteiger partial charge in [-0.3, -0.25) is 9.59 Å². The van der Waals surface area contributed by atoms with Crippen molar-refractivity contribution in [3.8, 4) is 5.75 Å². The second-order valence-electron chi connectivity index (χ2n) is 8.37. The molecule has 8 heteroatoms. The van der Waals surface area contributed by atoms with Gasteiger partial charge in [0.1, 0.15) is 5.75 Å². The van der Waals surface area contributed by atoms with E-state index < -0.39 is 0 Å². The van der Waals surface area contributed by atoms with Crippen LogP contribution >= 0.6 is 23.1 Å². The van der Waals surface area contributed by atoms with E-state index in [0.29, 0.717) is 23.0 Å². The Morgan fingerprint density at radius 2 is 1.78 bits per heavy atom. The summed E-state index contributed by atoms with van der Waals surface area (Å²) in [7, 11) is 0. The van der Waals surface area contributed by atoms with Gasteiger partial charge in [0, 0.05) is 16.1 Å². The molecule has 0 aliphatic carbocycles. The Kier molecular flexibility index (Phi) is 7.39. The van der Waals surface area contributed by atoms with Gasteiger partial charge in [-0.25, -0.2) is 4.98 Å². The minimum absolute atomic E-state index is 0.139. The van der Waals surface area contributed by atoms with Crippen molar-refractivity contribution in [1.29, 1.82) is 0 Å². The van der Waals surface area contributed by atoms with E-state index in [9.17, 15) is 9.59 Å². The zero-order valence-electron chi connectivity index (χ0n) is 20.4. The number of thiazole rings is 1. The minimum atomic E-state index is -0.363. The van der Waals surface area contributed by atoms with Crippen molar-refractivity contribution < 1.29 is 14.3 Å². The van der Waals surface area contributed by atoms with Crippen LogP contribution in [0, 0.1) is 0 Å². The van der Waals surface area contributed by atoms with Gasteiger partial charge in [0.2, 0.25) is 5.91 Å². The van der Waals surface area contributed by atoms with E-state index in [-0.39, 0.29) is 17.1 Å². The third-order valence-electron chi connectivity index (χ3n) is 5.69. The molecule has 5 aromatic rings. The number of amides is 2. The molecule has 0 aliphatic rings. The molecule has 1 unspecified atom stereocenters. The van der Waals surface area contributed by atoms with E-state index in [1.807, 2.05) is 98.8 Å². The number of fused-ring (bicyclic) bond motifs is 2. The zero-order valence-corrected chi connectivity index (χ0v) is 22.0. The fraction of sp³-hybridized carbons (Fsp3) is 0.138. The molecule has 6 nitrogen and oxygen atoms in total. The molecule has 4 aromatic carbocycles. The molecule has 2 amide bonds. The van der Waals surface area contributed by atoms with Crippen LogP contribution in [0.1, 0.15) is 24.2 Å². The first kappa shape index (κ1) is 24.8. The number of ether oxygens (including phenoxy) is 1. The van der Waals surface area contributed by atoms with E-state index in [0.717, 1.165) is 31.6 Å². The number of benzene rings is 4. The van der Waals surface area contributed by atoms with Gasteiger partial charge in [0.25, 0.3) is 5.91 Å². The summed E-state index contributed by atoms with van der Waals surface area (Å²) < 4.78 is 6.50. The Bertz CT molecular complexity index is 1600. The summed E-state index contributed by atoms with van der Waals surface area (Å²) in [4.78, 5) is 31.1. The monoisotopic (exact) mass is 527 g/mol. The average Bonchev–Trinajstić information content (AvgIpc) is 3.30. The maximum atomic E-state index is 12.9. The predicted molar refractivity (Wildman–Crippen MR) is 153 cm³/mol. The molecule has 1 heterocycles. The van der Waals surface area contributed by atoms with Crippen molar-refractivity contribution in [3.63, 3.8) is 0 Å². The van der Waals surface area contributed by atoms with Crippen molar-refractivity contribution in [2.75, 3.05) is 17.2 Å². The first-order chi connectivity index (χ1) is 18.0. The number of aromatic nitrogens is 1. The lowest BCUT2D eigenvalue weighted by Crippen LogP contribution is -2.22. The van der Waals surface area contributed by atoms with Crippen molar-refractivity contribution in [2.45, 2.75) is 24.0 Å². The largest absolute Gasteiger partial charge is 0.494 e. The molecule has 37 heavy (non-hydrogen) atoms. The normalized spacial score (nSPS) is 11.8. The highest BCUT2D eigenvalue weighted by Gasteiger charge is 2.17. The molecule has 1 atom stereocenters. The molecule has 2 N–H and O–H groups in total. The lowest BCUT2D eigenvalue weighted by molar-refractivity contribution is -0.115. The van der Waals surface area contributed by atoms with E-state index in [2.05, 4.69) is 15.6 Å². The average molecular weight is 528 g/mol. The van der Waals surface area contributed by atoms with E-state index in [1.165, 1.54) is 23.1 Å².